The molecule has 1 aliphatic rings. The number of carbonyl (C=O) groups excluding carboxylic acids is 1. The third-order valence-electron chi connectivity index (χ3n) is 4.20. The van der Waals surface area contributed by atoms with E-state index in [0.717, 1.165) is 12.1 Å². The zero-order valence-corrected chi connectivity index (χ0v) is 13.5. The number of amides is 1. The van der Waals surface area contributed by atoms with Crippen molar-refractivity contribution in [2.45, 2.75) is 12.5 Å². The third-order valence-corrected chi connectivity index (χ3v) is 4.20. The normalized spacial score (nSPS) is 17.6. The number of hydrogen-bond acceptors (Lipinski definition) is 4. The molecule has 0 radical (unpaired) electrons. The van der Waals surface area contributed by atoms with Crippen molar-refractivity contribution in [3.63, 3.8) is 0 Å². The average Bonchev–Trinajstić information content (AvgIpc) is 2.62. The van der Waals surface area contributed by atoms with Gasteiger partial charge in [-0.15, -0.1) is 0 Å². The maximum atomic E-state index is 13.8. The van der Waals surface area contributed by atoms with Crippen LogP contribution in [0.1, 0.15) is 17.2 Å². The summed E-state index contributed by atoms with van der Waals surface area (Å²) >= 11 is 0. The number of carbonyl (C=O) groups is 1. The molecule has 1 amide bonds. The molecule has 126 valence electrons. The van der Waals surface area contributed by atoms with E-state index in [-0.39, 0.29) is 24.1 Å². The van der Waals surface area contributed by atoms with E-state index in [1.807, 2.05) is 17.0 Å². The van der Waals surface area contributed by atoms with Crippen LogP contribution in [-0.2, 0) is 11.2 Å². The number of methoxy groups -OCH3 is 1. The first kappa shape index (κ1) is 16.4. The largest absolute Gasteiger partial charge is 0.494 e. The summed E-state index contributed by atoms with van der Waals surface area (Å²) in [7, 11) is 1.42. The fourth-order valence-electron chi connectivity index (χ4n) is 2.97. The first-order valence-electron chi connectivity index (χ1n) is 7.91. The van der Waals surface area contributed by atoms with Gasteiger partial charge >= 0.3 is 0 Å². The molecule has 1 aromatic heterocycles. The average molecular weight is 329 g/mol. The van der Waals surface area contributed by atoms with Crippen molar-refractivity contribution in [3.05, 3.63) is 59.7 Å². The van der Waals surface area contributed by atoms with Crippen LogP contribution in [0.5, 0.6) is 5.75 Å². The van der Waals surface area contributed by atoms with Crippen molar-refractivity contribution in [2.24, 2.45) is 0 Å². The summed E-state index contributed by atoms with van der Waals surface area (Å²) in [6, 6.07) is 8.42. The van der Waals surface area contributed by atoms with Crippen LogP contribution in [0.15, 0.2) is 42.7 Å². The van der Waals surface area contributed by atoms with Crippen LogP contribution in [0.25, 0.3) is 0 Å². The van der Waals surface area contributed by atoms with Gasteiger partial charge in [0.1, 0.15) is 0 Å². The summed E-state index contributed by atoms with van der Waals surface area (Å²) in [5.41, 5.74) is 1.64. The number of ether oxygens (including phenoxy) is 1. The highest BCUT2D eigenvalue weighted by Gasteiger charge is 2.28. The first-order valence-corrected chi connectivity index (χ1v) is 7.91. The van der Waals surface area contributed by atoms with Gasteiger partial charge in [0.2, 0.25) is 5.91 Å². The fraction of sp³-hybridized carbons (Fsp3) is 0.333. The van der Waals surface area contributed by atoms with E-state index in [1.54, 1.807) is 24.5 Å². The Balaban J connectivity index is 1.76. The summed E-state index contributed by atoms with van der Waals surface area (Å²) in [6.07, 6.45) is 3.66. The number of pyridine rings is 1. The highest BCUT2D eigenvalue weighted by molar-refractivity contribution is 5.79. The topological polar surface area (TPSA) is 54.5 Å². The summed E-state index contributed by atoms with van der Waals surface area (Å²) < 4.78 is 18.7. The van der Waals surface area contributed by atoms with Crippen molar-refractivity contribution < 1.29 is 13.9 Å². The number of piperazine rings is 1. The van der Waals surface area contributed by atoms with Crippen LogP contribution in [0.4, 0.5) is 4.39 Å². The number of rotatable bonds is 4. The fourth-order valence-corrected chi connectivity index (χ4v) is 2.97. The molecule has 1 aliphatic heterocycles. The van der Waals surface area contributed by atoms with Crippen molar-refractivity contribution in [1.29, 1.82) is 0 Å². The maximum Gasteiger partial charge on any atom is 0.227 e. The van der Waals surface area contributed by atoms with Crippen molar-refractivity contribution in [3.8, 4) is 5.75 Å². The molecule has 0 saturated carbocycles. The standard InChI is InChI=1S/C18H20FN3O2/c1-24-17-5-4-13(9-15(17)19)10-18(23)22-8-7-21-12-16(22)14-3-2-6-20-11-14/h2-6,9,11,16,21H,7-8,10,12H2,1H3. The SMILES string of the molecule is COc1ccc(CC(=O)N2CCNCC2c2cccnc2)cc1F. The Morgan fingerprint density at radius 1 is 1.46 bits per heavy atom. The number of aromatic nitrogens is 1. The van der Waals surface area contributed by atoms with Gasteiger partial charge in [-0.3, -0.25) is 9.78 Å². The van der Waals surface area contributed by atoms with Gasteiger partial charge in [-0.1, -0.05) is 12.1 Å². The van der Waals surface area contributed by atoms with Crippen LogP contribution in [0, 0.1) is 5.82 Å². The molecule has 5 nitrogen and oxygen atoms in total. The van der Waals surface area contributed by atoms with Crippen LogP contribution >= 0.6 is 0 Å². The van der Waals surface area contributed by atoms with E-state index in [0.29, 0.717) is 18.7 Å². The zero-order valence-electron chi connectivity index (χ0n) is 13.5. The van der Waals surface area contributed by atoms with Gasteiger partial charge in [0.05, 0.1) is 19.6 Å². The van der Waals surface area contributed by atoms with Crippen LogP contribution in [0.2, 0.25) is 0 Å². The smallest absolute Gasteiger partial charge is 0.227 e. The molecule has 1 N–H and O–H groups in total. The van der Waals surface area contributed by atoms with E-state index >= 15 is 0 Å². The summed E-state index contributed by atoms with van der Waals surface area (Å²) in [5, 5.41) is 3.31. The van der Waals surface area contributed by atoms with Gasteiger partial charge in [-0.25, -0.2) is 4.39 Å². The monoisotopic (exact) mass is 329 g/mol. The predicted octanol–water partition coefficient (Wildman–Crippen LogP) is 1.94. The highest BCUT2D eigenvalue weighted by atomic mass is 19.1. The summed E-state index contributed by atoms with van der Waals surface area (Å²) in [4.78, 5) is 18.7. The molecule has 2 aromatic rings. The molecule has 0 spiro atoms. The molecule has 1 atom stereocenters. The molecule has 1 unspecified atom stereocenters. The van der Waals surface area contributed by atoms with E-state index in [2.05, 4.69) is 10.3 Å². The Labute approximate surface area is 140 Å². The van der Waals surface area contributed by atoms with E-state index in [9.17, 15) is 9.18 Å². The minimum Gasteiger partial charge on any atom is -0.494 e. The van der Waals surface area contributed by atoms with Crippen LogP contribution < -0.4 is 10.1 Å². The Morgan fingerprint density at radius 3 is 3.04 bits per heavy atom. The van der Waals surface area contributed by atoms with Gasteiger partial charge in [0.15, 0.2) is 11.6 Å². The quantitative estimate of drug-likeness (QED) is 0.931. The molecule has 0 bridgehead atoms. The first-order chi connectivity index (χ1) is 11.7. The van der Waals surface area contributed by atoms with Crippen molar-refractivity contribution in [2.75, 3.05) is 26.7 Å². The van der Waals surface area contributed by atoms with E-state index in [4.69, 9.17) is 4.74 Å². The summed E-state index contributed by atoms with van der Waals surface area (Å²) in [5.74, 6) is -0.288. The van der Waals surface area contributed by atoms with E-state index in [1.165, 1.54) is 13.2 Å². The Hall–Kier alpha value is -2.47. The maximum absolute atomic E-state index is 13.8. The lowest BCUT2D eigenvalue weighted by atomic mass is 10.0. The Morgan fingerprint density at radius 2 is 2.33 bits per heavy atom. The van der Waals surface area contributed by atoms with Gasteiger partial charge in [0, 0.05) is 32.0 Å². The molecule has 1 saturated heterocycles. The number of nitrogens with one attached hydrogen (secondary N) is 1. The molecular weight excluding hydrogens is 309 g/mol. The lowest BCUT2D eigenvalue weighted by molar-refractivity contribution is -0.133. The van der Waals surface area contributed by atoms with Gasteiger partial charge in [0.25, 0.3) is 0 Å². The third kappa shape index (κ3) is 3.54. The van der Waals surface area contributed by atoms with Gasteiger partial charge in [-0.05, 0) is 29.3 Å². The zero-order chi connectivity index (χ0) is 16.9. The minimum atomic E-state index is -0.452. The second kappa shape index (κ2) is 7.40. The minimum absolute atomic E-state index is 0.0186. The lowest BCUT2D eigenvalue weighted by Crippen LogP contribution is -2.49. The second-order valence-corrected chi connectivity index (χ2v) is 5.74. The van der Waals surface area contributed by atoms with E-state index < -0.39 is 5.82 Å². The molecule has 0 aliphatic carbocycles. The molecular formula is C18H20FN3O2. The van der Waals surface area contributed by atoms with Crippen LogP contribution in [0.3, 0.4) is 0 Å². The lowest BCUT2D eigenvalue weighted by Gasteiger charge is -2.36. The number of nitrogens with zero attached hydrogens (tertiary/aromatic N) is 2. The molecule has 24 heavy (non-hydrogen) atoms. The Bertz CT molecular complexity index is 709. The second-order valence-electron chi connectivity index (χ2n) is 5.74. The van der Waals surface area contributed by atoms with Gasteiger partial charge < -0.3 is 15.0 Å². The number of benzene rings is 1. The van der Waals surface area contributed by atoms with Crippen molar-refractivity contribution >= 4 is 5.91 Å². The summed E-state index contributed by atoms with van der Waals surface area (Å²) in [6.45, 7) is 2.06. The molecule has 2 heterocycles. The number of hydrogen-bond donors (Lipinski definition) is 1. The number of halogens is 1. The van der Waals surface area contributed by atoms with Crippen LogP contribution in [-0.4, -0.2) is 42.5 Å². The molecule has 6 heteroatoms. The Kier molecular flexibility index (Phi) is 5.05. The van der Waals surface area contributed by atoms with Crippen molar-refractivity contribution in [1.82, 2.24) is 15.2 Å². The molecule has 1 fully saturated rings. The highest BCUT2D eigenvalue weighted by Crippen LogP contribution is 2.23. The molecule has 3 rings (SSSR count). The predicted molar refractivity (Wildman–Crippen MR) is 88.2 cm³/mol. The molecule has 1 aromatic carbocycles. The van der Waals surface area contributed by atoms with Gasteiger partial charge in [-0.2, -0.15) is 0 Å².